The Bertz CT molecular complexity index is 586. The molecule has 21 heavy (non-hydrogen) atoms. The van der Waals surface area contributed by atoms with Crippen molar-refractivity contribution in [2.75, 3.05) is 13.7 Å². The zero-order valence-electron chi connectivity index (χ0n) is 11.6. The van der Waals surface area contributed by atoms with Crippen molar-refractivity contribution in [2.45, 2.75) is 13.3 Å². The van der Waals surface area contributed by atoms with Crippen LogP contribution in [0.5, 0.6) is 11.5 Å². The van der Waals surface area contributed by atoms with Crippen LogP contribution in [0, 0.1) is 10.1 Å². The van der Waals surface area contributed by atoms with E-state index in [-0.39, 0.29) is 35.2 Å². The van der Waals surface area contributed by atoms with Crippen molar-refractivity contribution >= 4 is 23.6 Å². The van der Waals surface area contributed by atoms with Crippen LogP contribution in [-0.4, -0.2) is 24.5 Å². The van der Waals surface area contributed by atoms with Gasteiger partial charge >= 0.3 is 0 Å². The first kappa shape index (κ1) is 16.8. The van der Waals surface area contributed by atoms with Gasteiger partial charge < -0.3 is 15.2 Å². The molecule has 0 saturated carbocycles. The van der Waals surface area contributed by atoms with Crippen molar-refractivity contribution in [3.05, 3.63) is 38.5 Å². The average molecular weight is 315 g/mol. The normalized spacial score (nSPS) is 11.1. The number of halogens is 1. The second kappa shape index (κ2) is 7.49. The van der Waals surface area contributed by atoms with E-state index < -0.39 is 10.8 Å². The maximum absolute atomic E-state index is 10.8. The smallest absolute Gasteiger partial charge is 0.255 e. The Hall–Kier alpha value is -2.28. The predicted molar refractivity (Wildman–Crippen MR) is 78.0 cm³/mol. The number of carbonyl (C=O) groups is 1. The van der Waals surface area contributed by atoms with Crippen LogP contribution in [0.1, 0.15) is 18.9 Å². The van der Waals surface area contributed by atoms with E-state index in [0.717, 1.165) is 0 Å². The molecule has 0 bridgehead atoms. The van der Waals surface area contributed by atoms with Crippen molar-refractivity contribution in [2.24, 2.45) is 5.73 Å². The van der Waals surface area contributed by atoms with E-state index >= 15 is 0 Å². The molecule has 0 aromatic heterocycles. The van der Waals surface area contributed by atoms with Crippen LogP contribution in [0.25, 0.3) is 6.08 Å². The summed E-state index contributed by atoms with van der Waals surface area (Å²) < 4.78 is 10.3. The number of nitro groups is 1. The van der Waals surface area contributed by atoms with Gasteiger partial charge in [0, 0.05) is 12.5 Å². The Kier molecular flexibility index (Phi) is 5.98. The molecular formula is C13H15ClN2O5. The van der Waals surface area contributed by atoms with Crippen molar-refractivity contribution in [1.29, 1.82) is 0 Å². The molecule has 0 aliphatic heterocycles. The number of nitrogens with two attached hydrogens (primary N) is 1. The molecule has 0 aliphatic carbocycles. The number of hydrogen-bond acceptors (Lipinski definition) is 5. The molecule has 0 radical (unpaired) electrons. The third kappa shape index (κ3) is 4.64. The SMILES string of the molecule is CCC(=Cc1cc(Cl)c(OCC(N)=O)c(OC)c1)[N+](=O)[O-]. The minimum Gasteiger partial charge on any atom is -0.493 e. The van der Waals surface area contributed by atoms with Crippen LogP contribution in [-0.2, 0) is 4.79 Å². The molecule has 1 rings (SSSR count). The highest BCUT2D eigenvalue weighted by atomic mass is 35.5. The predicted octanol–water partition coefficient (Wildman–Crippen LogP) is 2.24. The van der Waals surface area contributed by atoms with Gasteiger partial charge in [0.25, 0.3) is 5.91 Å². The van der Waals surface area contributed by atoms with Gasteiger partial charge in [0.1, 0.15) is 0 Å². The van der Waals surface area contributed by atoms with Crippen LogP contribution in [0.3, 0.4) is 0 Å². The number of ether oxygens (including phenoxy) is 2. The van der Waals surface area contributed by atoms with E-state index in [0.29, 0.717) is 5.56 Å². The van der Waals surface area contributed by atoms with E-state index in [1.165, 1.54) is 25.3 Å². The Morgan fingerprint density at radius 1 is 1.52 bits per heavy atom. The molecule has 114 valence electrons. The molecule has 7 nitrogen and oxygen atoms in total. The summed E-state index contributed by atoms with van der Waals surface area (Å²) in [6, 6.07) is 3.01. The third-order valence-corrected chi connectivity index (χ3v) is 2.82. The number of primary amides is 1. The maximum Gasteiger partial charge on any atom is 0.255 e. The van der Waals surface area contributed by atoms with E-state index in [2.05, 4.69) is 0 Å². The van der Waals surface area contributed by atoms with Crippen molar-refractivity contribution in [3.8, 4) is 11.5 Å². The topological polar surface area (TPSA) is 105 Å². The summed E-state index contributed by atoms with van der Waals surface area (Å²) in [6.45, 7) is 1.33. The van der Waals surface area contributed by atoms with E-state index in [4.69, 9.17) is 26.8 Å². The minimum atomic E-state index is -0.654. The van der Waals surface area contributed by atoms with Crippen LogP contribution in [0.15, 0.2) is 17.8 Å². The highest BCUT2D eigenvalue weighted by Gasteiger charge is 2.14. The van der Waals surface area contributed by atoms with Crippen LogP contribution >= 0.6 is 11.6 Å². The van der Waals surface area contributed by atoms with Gasteiger partial charge in [-0.25, -0.2) is 0 Å². The number of carbonyl (C=O) groups excluding carboxylic acids is 1. The molecular weight excluding hydrogens is 300 g/mol. The van der Waals surface area contributed by atoms with Gasteiger partial charge in [-0.3, -0.25) is 14.9 Å². The number of nitrogens with zero attached hydrogens (tertiary/aromatic N) is 1. The summed E-state index contributed by atoms with van der Waals surface area (Å²) in [4.78, 5) is 21.1. The molecule has 0 heterocycles. The highest BCUT2D eigenvalue weighted by Crippen LogP contribution is 2.37. The fourth-order valence-electron chi connectivity index (χ4n) is 1.58. The summed E-state index contributed by atoms with van der Waals surface area (Å²) >= 11 is 6.05. The van der Waals surface area contributed by atoms with E-state index in [1.54, 1.807) is 6.92 Å². The summed E-state index contributed by atoms with van der Waals surface area (Å²) in [6.07, 6.45) is 1.67. The van der Waals surface area contributed by atoms with Crippen molar-refractivity contribution < 1.29 is 19.2 Å². The first-order valence-corrected chi connectivity index (χ1v) is 6.40. The van der Waals surface area contributed by atoms with Crippen LogP contribution in [0.4, 0.5) is 0 Å². The van der Waals surface area contributed by atoms with Gasteiger partial charge in [0.15, 0.2) is 18.1 Å². The monoisotopic (exact) mass is 314 g/mol. The molecule has 1 aromatic rings. The molecule has 0 aliphatic rings. The fourth-order valence-corrected chi connectivity index (χ4v) is 1.86. The molecule has 0 atom stereocenters. The molecule has 0 unspecified atom stereocenters. The number of benzene rings is 1. The second-order valence-electron chi connectivity index (χ2n) is 4.04. The number of rotatable bonds is 7. The summed E-state index contributed by atoms with van der Waals surface area (Å²) in [5.41, 5.74) is 5.53. The van der Waals surface area contributed by atoms with Crippen LogP contribution in [0.2, 0.25) is 5.02 Å². The van der Waals surface area contributed by atoms with Crippen LogP contribution < -0.4 is 15.2 Å². The first-order valence-electron chi connectivity index (χ1n) is 6.02. The van der Waals surface area contributed by atoms with Gasteiger partial charge in [0.05, 0.1) is 17.1 Å². The number of hydrogen-bond donors (Lipinski definition) is 1. The van der Waals surface area contributed by atoms with Gasteiger partial charge in [-0.1, -0.05) is 18.5 Å². The molecule has 0 spiro atoms. The largest absolute Gasteiger partial charge is 0.493 e. The molecule has 0 fully saturated rings. The summed E-state index contributed by atoms with van der Waals surface area (Å²) in [7, 11) is 1.39. The minimum absolute atomic E-state index is 0.0407. The number of amides is 1. The average Bonchev–Trinajstić information content (AvgIpc) is 2.42. The van der Waals surface area contributed by atoms with E-state index in [9.17, 15) is 14.9 Å². The van der Waals surface area contributed by atoms with Gasteiger partial charge in [-0.15, -0.1) is 0 Å². The first-order chi connectivity index (χ1) is 9.88. The number of allylic oxidation sites excluding steroid dienone is 1. The number of methoxy groups -OCH3 is 1. The standard InChI is InChI=1S/C13H15ClN2O5/c1-3-9(16(18)19)4-8-5-10(14)13(11(6-8)20-2)21-7-12(15)17/h4-6H,3,7H2,1-2H3,(H2,15,17). The lowest BCUT2D eigenvalue weighted by atomic mass is 10.1. The molecule has 0 saturated heterocycles. The lowest BCUT2D eigenvalue weighted by Gasteiger charge is -2.12. The Balaban J connectivity index is 3.19. The Morgan fingerprint density at radius 2 is 2.19 bits per heavy atom. The van der Waals surface area contributed by atoms with Gasteiger partial charge in [0.2, 0.25) is 5.70 Å². The zero-order chi connectivity index (χ0) is 16.0. The van der Waals surface area contributed by atoms with E-state index in [1.807, 2.05) is 0 Å². The quantitative estimate of drug-likeness (QED) is 0.614. The Labute approximate surface area is 126 Å². The molecule has 2 N–H and O–H groups in total. The molecule has 8 heteroatoms. The zero-order valence-corrected chi connectivity index (χ0v) is 12.3. The fraction of sp³-hybridized carbons (Fsp3) is 0.308. The lowest BCUT2D eigenvalue weighted by molar-refractivity contribution is -0.425. The lowest BCUT2D eigenvalue weighted by Crippen LogP contribution is -2.20. The molecule has 1 amide bonds. The Morgan fingerprint density at radius 3 is 2.67 bits per heavy atom. The van der Waals surface area contributed by atoms with Gasteiger partial charge in [-0.05, 0) is 17.7 Å². The third-order valence-electron chi connectivity index (χ3n) is 2.54. The second-order valence-corrected chi connectivity index (χ2v) is 4.44. The van der Waals surface area contributed by atoms with Crippen molar-refractivity contribution in [3.63, 3.8) is 0 Å². The summed E-state index contributed by atoms with van der Waals surface area (Å²) in [5, 5.41) is 11.0. The van der Waals surface area contributed by atoms with Crippen molar-refractivity contribution in [1.82, 2.24) is 0 Å². The molecule has 1 aromatic carbocycles. The maximum atomic E-state index is 10.8. The summed E-state index contributed by atoms with van der Waals surface area (Å²) in [5.74, 6) is -0.234. The van der Waals surface area contributed by atoms with Gasteiger partial charge in [-0.2, -0.15) is 0 Å². The highest BCUT2D eigenvalue weighted by molar-refractivity contribution is 6.32.